The van der Waals surface area contributed by atoms with E-state index < -0.39 is 0 Å². The first-order valence-corrected chi connectivity index (χ1v) is 4.38. The van der Waals surface area contributed by atoms with Crippen LogP contribution < -0.4 is 10.6 Å². The molecular weight excluding hydrogens is 164 g/mol. The third-order valence-corrected chi connectivity index (χ3v) is 1.60. The molecule has 2 N–H and O–H groups in total. The molecule has 0 saturated carbocycles. The summed E-state index contributed by atoms with van der Waals surface area (Å²) in [7, 11) is 0. The van der Waals surface area contributed by atoms with Crippen LogP contribution in [0.15, 0.2) is 30.3 Å². The highest BCUT2D eigenvalue weighted by atomic mass is 16.1. The Balaban J connectivity index is 2.31. The molecule has 0 unspecified atom stereocenters. The van der Waals surface area contributed by atoms with Gasteiger partial charge < -0.3 is 10.6 Å². The van der Waals surface area contributed by atoms with Crippen LogP contribution in [0.1, 0.15) is 6.92 Å². The van der Waals surface area contributed by atoms with Crippen molar-refractivity contribution in [3.05, 3.63) is 30.3 Å². The normalized spacial score (nSPS) is 9.31. The topological polar surface area (TPSA) is 41.1 Å². The second kappa shape index (κ2) is 5.19. The van der Waals surface area contributed by atoms with Gasteiger partial charge in [0.2, 0.25) is 5.91 Å². The molecule has 1 amide bonds. The summed E-state index contributed by atoms with van der Waals surface area (Å²) in [6.45, 7) is 2.91. The highest BCUT2D eigenvalue weighted by Gasteiger charge is 1.97. The predicted molar refractivity (Wildman–Crippen MR) is 53.6 cm³/mol. The quantitative estimate of drug-likeness (QED) is 0.728. The highest BCUT2D eigenvalue weighted by molar-refractivity contribution is 5.80. The van der Waals surface area contributed by atoms with Crippen molar-refractivity contribution in [2.24, 2.45) is 0 Å². The molecular formula is C10H14N2O. The molecule has 0 atom stereocenters. The first-order chi connectivity index (χ1) is 6.33. The molecule has 0 aromatic heterocycles. The molecule has 0 heterocycles. The van der Waals surface area contributed by atoms with Crippen LogP contribution in [0.2, 0.25) is 0 Å². The largest absolute Gasteiger partial charge is 0.376 e. The number of carbonyl (C=O) groups excluding carboxylic acids is 1. The third kappa shape index (κ3) is 3.60. The van der Waals surface area contributed by atoms with Crippen LogP contribution in [0.5, 0.6) is 0 Å². The van der Waals surface area contributed by atoms with Gasteiger partial charge in [0, 0.05) is 12.2 Å². The van der Waals surface area contributed by atoms with E-state index in [2.05, 4.69) is 10.6 Å². The molecule has 70 valence electrons. The van der Waals surface area contributed by atoms with Crippen LogP contribution in [-0.2, 0) is 4.79 Å². The predicted octanol–water partition coefficient (Wildman–Crippen LogP) is 1.23. The zero-order valence-electron chi connectivity index (χ0n) is 7.71. The summed E-state index contributed by atoms with van der Waals surface area (Å²) in [6, 6.07) is 9.66. The monoisotopic (exact) mass is 178 g/mol. The van der Waals surface area contributed by atoms with Gasteiger partial charge in [0.05, 0.1) is 6.54 Å². The lowest BCUT2D eigenvalue weighted by atomic mass is 10.3. The van der Waals surface area contributed by atoms with E-state index in [4.69, 9.17) is 0 Å². The number of rotatable bonds is 4. The van der Waals surface area contributed by atoms with Gasteiger partial charge >= 0.3 is 0 Å². The first kappa shape index (κ1) is 9.58. The van der Waals surface area contributed by atoms with Gasteiger partial charge in [-0.25, -0.2) is 0 Å². The number of amides is 1. The highest BCUT2D eigenvalue weighted by Crippen LogP contribution is 2.03. The van der Waals surface area contributed by atoms with Gasteiger partial charge in [-0.15, -0.1) is 0 Å². The lowest BCUT2D eigenvalue weighted by Crippen LogP contribution is -2.29. The fourth-order valence-corrected chi connectivity index (χ4v) is 0.998. The average molecular weight is 178 g/mol. The maximum atomic E-state index is 11.0. The molecule has 1 aromatic rings. The van der Waals surface area contributed by atoms with Crippen molar-refractivity contribution < 1.29 is 4.79 Å². The Hall–Kier alpha value is -1.51. The van der Waals surface area contributed by atoms with Crippen LogP contribution in [0.4, 0.5) is 5.69 Å². The summed E-state index contributed by atoms with van der Waals surface area (Å²) in [6.07, 6.45) is 0. The summed E-state index contributed by atoms with van der Waals surface area (Å²) in [5.74, 6) is 0.0198. The zero-order valence-corrected chi connectivity index (χ0v) is 7.71. The van der Waals surface area contributed by atoms with E-state index in [9.17, 15) is 4.79 Å². The van der Waals surface area contributed by atoms with Crippen LogP contribution >= 0.6 is 0 Å². The van der Waals surface area contributed by atoms with E-state index >= 15 is 0 Å². The third-order valence-electron chi connectivity index (χ3n) is 1.60. The van der Waals surface area contributed by atoms with Crippen LogP contribution in [0, 0.1) is 0 Å². The zero-order chi connectivity index (χ0) is 9.52. The van der Waals surface area contributed by atoms with E-state index in [-0.39, 0.29) is 5.91 Å². The Morgan fingerprint density at radius 3 is 2.62 bits per heavy atom. The second-order valence-corrected chi connectivity index (χ2v) is 2.67. The molecule has 0 radical (unpaired) electrons. The van der Waals surface area contributed by atoms with Gasteiger partial charge in [-0.2, -0.15) is 0 Å². The van der Waals surface area contributed by atoms with E-state index in [0.29, 0.717) is 13.1 Å². The Labute approximate surface area is 78.2 Å². The molecule has 0 aliphatic rings. The van der Waals surface area contributed by atoms with Crippen molar-refractivity contribution in [1.82, 2.24) is 5.32 Å². The summed E-state index contributed by atoms with van der Waals surface area (Å²) < 4.78 is 0. The van der Waals surface area contributed by atoms with Crippen LogP contribution in [0.3, 0.4) is 0 Å². The molecule has 3 nitrogen and oxygen atoms in total. The molecule has 0 saturated heterocycles. The van der Waals surface area contributed by atoms with Crippen molar-refractivity contribution in [2.75, 3.05) is 18.4 Å². The number of para-hydroxylation sites is 1. The minimum absolute atomic E-state index is 0.0198. The van der Waals surface area contributed by atoms with Crippen molar-refractivity contribution >= 4 is 11.6 Å². The van der Waals surface area contributed by atoms with Gasteiger partial charge in [0.1, 0.15) is 0 Å². The average Bonchev–Trinajstić information content (AvgIpc) is 2.17. The SMILES string of the molecule is CCNC(=O)CNc1ccccc1. The Morgan fingerprint density at radius 2 is 2.00 bits per heavy atom. The maximum absolute atomic E-state index is 11.0. The number of anilines is 1. The van der Waals surface area contributed by atoms with Gasteiger partial charge in [-0.3, -0.25) is 4.79 Å². The van der Waals surface area contributed by atoms with Crippen LogP contribution in [0.25, 0.3) is 0 Å². The Morgan fingerprint density at radius 1 is 1.31 bits per heavy atom. The molecule has 1 aromatic carbocycles. The summed E-state index contributed by atoms with van der Waals surface area (Å²) in [5.41, 5.74) is 0.966. The van der Waals surface area contributed by atoms with E-state index in [1.807, 2.05) is 37.3 Å². The van der Waals surface area contributed by atoms with Crippen molar-refractivity contribution in [3.8, 4) is 0 Å². The van der Waals surface area contributed by atoms with Gasteiger partial charge in [-0.1, -0.05) is 18.2 Å². The molecule has 0 spiro atoms. The lowest BCUT2D eigenvalue weighted by molar-refractivity contribution is -0.119. The summed E-state index contributed by atoms with van der Waals surface area (Å²) in [4.78, 5) is 11.0. The number of nitrogens with one attached hydrogen (secondary N) is 2. The summed E-state index contributed by atoms with van der Waals surface area (Å²) in [5, 5.41) is 5.73. The molecule has 3 heteroatoms. The lowest BCUT2D eigenvalue weighted by Gasteiger charge is -2.05. The molecule has 0 aliphatic carbocycles. The fraction of sp³-hybridized carbons (Fsp3) is 0.300. The molecule has 0 bridgehead atoms. The minimum atomic E-state index is 0.0198. The smallest absolute Gasteiger partial charge is 0.239 e. The Kier molecular flexibility index (Phi) is 3.82. The number of likely N-dealkylation sites (N-methyl/N-ethyl adjacent to an activating group) is 1. The fourth-order valence-electron chi connectivity index (χ4n) is 0.998. The van der Waals surface area contributed by atoms with Gasteiger partial charge in [0.25, 0.3) is 0 Å². The van der Waals surface area contributed by atoms with Crippen molar-refractivity contribution in [3.63, 3.8) is 0 Å². The van der Waals surface area contributed by atoms with E-state index in [1.165, 1.54) is 0 Å². The number of benzene rings is 1. The first-order valence-electron chi connectivity index (χ1n) is 4.38. The molecule has 0 aliphatic heterocycles. The maximum Gasteiger partial charge on any atom is 0.239 e. The second-order valence-electron chi connectivity index (χ2n) is 2.67. The van der Waals surface area contributed by atoms with E-state index in [1.54, 1.807) is 0 Å². The van der Waals surface area contributed by atoms with Crippen LogP contribution in [-0.4, -0.2) is 19.0 Å². The summed E-state index contributed by atoms with van der Waals surface area (Å²) >= 11 is 0. The number of hydrogen-bond acceptors (Lipinski definition) is 2. The molecule has 1 rings (SSSR count). The van der Waals surface area contributed by atoms with Gasteiger partial charge in [-0.05, 0) is 19.1 Å². The molecule has 13 heavy (non-hydrogen) atoms. The van der Waals surface area contributed by atoms with Crippen molar-refractivity contribution in [2.45, 2.75) is 6.92 Å². The minimum Gasteiger partial charge on any atom is -0.376 e. The van der Waals surface area contributed by atoms with Crippen molar-refractivity contribution in [1.29, 1.82) is 0 Å². The standard InChI is InChI=1S/C10H14N2O/c1-2-11-10(13)8-12-9-6-4-3-5-7-9/h3-7,12H,2,8H2,1H3,(H,11,13). The Bertz CT molecular complexity index is 259. The van der Waals surface area contributed by atoms with Gasteiger partial charge in [0.15, 0.2) is 0 Å². The van der Waals surface area contributed by atoms with E-state index in [0.717, 1.165) is 5.69 Å². The number of carbonyl (C=O) groups is 1. The molecule has 0 fully saturated rings. The number of hydrogen-bond donors (Lipinski definition) is 2.